The van der Waals surface area contributed by atoms with E-state index in [9.17, 15) is 24.3 Å². The number of carbonyl (C=O) groups excluding carboxylic acids is 4. The van der Waals surface area contributed by atoms with Crippen molar-refractivity contribution in [3.05, 3.63) is 99.1 Å². The van der Waals surface area contributed by atoms with Crippen LogP contribution in [-0.2, 0) is 16.6 Å². The SMILES string of the molecule is CCC1=C(C)c2cc3nc(cc4[nH]c(c5c6[nH]c(cc1n2)c(C)c6C(=O)N(NC(=O)c1cc[n+](C)cc1)C5=O)[C@@H](CCC(=O)OC)[C@@H]4C)C(C)=C3C(C)O. The lowest BCUT2D eigenvalue weighted by Gasteiger charge is -2.27. The van der Waals surface area contributed by atoms with Gasteiger partial charge in [0.05, 0.1) is 58.2 Å². The Morgan fingerprint density at radius 2 is 1.65 bits per heavy atom. The van der Waals surface area contributed by atoms with Crippen molar-refractivity contribution in [3.8, 4) is 0 Å². The molecule has 4 aliphatic heterocycles. The van der Waals surface area contributed by atoms with E-state index in [-0.39, 0.29) is 29.0 Å². The van der Waals surface area contributed by atoms with Gasteiger partial charge in [0.25, 0.3) is 17.7 Å². The fraction of sp³-hybridized carbons (Fsp3) is 0.341. The number of pyridine rings is 1. The Morgan fingerprint density at radius 1 is 0.981 bits per heavy atom. The molecule has 0 radical (unpaired) electrons. The van der Waals surface area contributed by atoms with Gasteiger partial charge in [0.1, 0.15) is 7.05 Å². The summed E-state index contributed by atoms with van der Waals surface area (Å²) in [6.45, 7) is 11.5. The number of rotatable bonds is 7. The van der Waals surface area contributed by atoms with Crippen molar-refractivity contribution in [2.45, 2.75) is 78.7 Å². The molecule has 0 saturated carbocycles. The monoisotopic (exact) mass is 730 g/mol. The molecule has 3 amide bonds. The van der Waals surface area contributed by atoms with Crippen LogP contribution in [0.2, 0.25) is 0 Å². The standard InChI is InChI=1S/C41H43N7O6/c1-9-25-19(2)27-18-32-34(23(6)49)21(4)29(43-32)16-28-20(3)26(10-11-33(50)54-8)37(44-28)36-38-35(22(5)30(45-38)17-31(25)42-27)40(52)48(41(36)53)46-39(51)24-12-14-47(7)15-13-24/h12-18,20,23,26,46,49,51H,9-11H2,1-8H3/p+1/t20-,23?,26-/m0/s1. The number of aliphatic hydroxyl groups excluding tert-OH is 1. The van der Waals surface area contributed by atoms with Crippen molar-refractivity contribution < 1.29 is 33.6 Å². The quantitative estimate of drug-likeness (QED) is 0.138. The van der Waals surface area contributed by atoms with E-state index in [0.29, 0.717) is 63.5 Å². The molecule has 4 N–H and O–H groups in total. The van der Waals surface area contributed by atoms with Gasteiger partial charge in [-0.3, -0.25) is 24.6 Å². The molecule has 0 fully saturated rings. The molecule has 3 atom stereocenters. The molecule has 1 unspecified atom stereocenters. The highest BCUT2D eigenvalue weighted by atomic mass is 16.5. The number of H-pyrrole nitrogens is 2. The van der Waals surface area contributed by atoms with Gasteiger partial charge in [-0.25, -0.2) is 14.5 Å². The van der Waals surface area contributed by atoms with Crippen LogP contribution in [0.25, 0.3) is 33.3 Å². The number of amides is 3. The minimum Gasteiger partial charge on any atom is -0.469 e. The van der Waals surface area contributed by atoms with Crippen LogP contribution in [0.1, 0.15) is 137 Å². The number of ether oxygens (including phenoxy) is 1. The highest BCUT2D eigenvalue weighted by molar-refractivity contribution is 6.24. The van der Waals surface area contributed by atoms with Crippen LogP contribution in [-0.4, -0.2) is 67.0 Å². The second-order valence-electron chi connectivity index (χ2n) is 14.3. The summed E-state index contributed by atoms with van der Waals surface area (Å²) in [6.07, 6.45) is 3.67. The van der Waals surface area contributed by atoms with Gasteiger partial charge in [0, 0.05) is 52.9 Å². The van der Waals surface area contributed by atoms with Gasteiger partial charge in [-0.2, -0.15) is 5.01 Å². The number of hydrazine groups is 1. The number of methoxy groups -OCH3 is 1. The predicted molar refractivity (Wildman–Crippen MR) is 202 cm³/mol. The second kappa shape index (κ2) is 13.8. The van der Waals surface area contributed by atoms with E-state index < -0.39 is 35.7 Å². The molecule has 7 rings (SSSR count). The van der Waals surface area contributed by atoms with Crippen molar-refractivity contribution in [1.82, 2.24) is 30.4 Å². The molecule has 0 aliphatic carbocycles. The van der Waals surface area contributed by atoms with E-state index in [1.807, 2.05) is 52.9 Å². The molecule has 13 nitrogen and oxygen atoms in total. The summed E-state index contributed by atoms with van der Waals surface area (Å²) in [5.74, 6) is -3.09. The normalized spacial score (nSPS) is 17.9. The van der Waals surface area contributed by atoms with Gasteiger partial charge >= 0.3 is 5.97 Å². The summed E-state index contributed by atoms with van der Waals surface area (Å²) in [4.78, 5) is 72.2. The van der Waals surface area contributed by atoms with Crippen LogP contribution >= 0.6 is 0 Å². The van der Waals surface area contributed by atoms with Gasteiger partial charge in [-0.15, -0.1) is 0 Å². The maximum Gasteiger partial charge on any atom is 0.305 e. The molecule has 3 aromatic rings. The number of imide groups is 1. The highest BCUT2D eigenvalue weighted by Gasteiger charge is 2.41. The molecule has 13 heteroatoms. The minimum absolute atomic E-state index is 0.0781. The summed E-state index contributed by atoms with van der Waals surface area (Å²) in [5, 5.41) is 11.7. The number of fused-ring (bicyclic) bond motifs is 8. The maximum absolute atomic E-state index is 14.8. The molecule has 0 spiro atoms. The average Bonchev–Trinajstić information content (AvgIpc) is 3.82. The lowest BCUT2D eigenvalue weighted by atomic mass is 9.84. The molecule has 0 saturated heterocycles. The van der Waals surface area contributed by atoms with Gasteiger partial charge in [0.2, 0.25) is 0 Å². The molecular formula is C41H44N7O6+. The zero-order chi connectivity index (χ0) is 38.7. The number of aryl methyl sites for hydroxylation is 2. The minimum atomic E-state index is -0.806. The fourth-order valence-electron chi connectivity index (χ4n) is 7.95. The Hall–Kier alpha value is -5.95. The number of hydrogen-bond acceptors (Lipinski definition) is 8. The Morgan fingerprint density at radius 3 is 2.31 bits per heavy atom. The van der Waals surface area contributed by atoms with Crippen LogP contribution in [0.3, 0.4) is 0 Å². The molecule has 54 heavy (non-hydrogen) atoms. The lowest BCUT2D eigenvalue weighted by molar-refractivity contribution is -0.671. The Balaban J connectivity index is 1.57. The predicted octanol–water partition coefficient (Wildman–Crippen LogP) is 5.60. The van der Waals surface area contributed by atoms with Crippen molar-refractivity contribution in [2.24, 2.45) is 7.05 Å². The average molecular weight is 731 g/mol. The number of carbonyl (C=O) groups is 4. The van der Waals surface area contributed by atoms with Gasteiger partial charge in [-0.05, 0) is 81.0 Å². The number of aromatic nitrogens is 5. The molecule has 278 valence electrons. The number of nitrogens with zero attached hydrogens (tertiary/aromatic N) is 4. The third kappa shape index (κ3) is 5.98. The van der Waals surface area contributed by atoms with Crippen molar-refractivity contribution in [1.29, 1.82) is 0 Å². The van der Waals surface area contributed by atoms with Crippen LogP contribution in [0.5, 0.6) is 0 Å². The van der Waals surface area contributed by atoms with E-state index in [0.717, 1.165) is 27.4 Å². The third-order valence-electron chi connectivity index (χ3n) is 11.0. The third-order valence-corrected chi connectivity index (χ3v) is 11.0. The summed E-state index contributed by atoms with van der Waals surface area (Å²) in [7, 11) is 3.15. The van der Waals surface area contributed by atoms with Crippen molar-refractivity contribution in [2.75, 3.05) is 7.11 Å². The number of nitrogens with one attached hydrogen (secondary N) is 3. The number of aliphatic hydroxyl groups is 1. The summed E-state index contributed by atoms with van der Waals surface area (Å²) >= 11 is 0. The Kier molecular flexibility index (Phi) is 9.30. The summed E-state index contributed by atoms with van der Waals surface area (Å²) in [6, 6.07) is 8.89. The fourth-order valence-corrected chi connectivity index (χ4v) is 7.95. The second-order valence-corrected chi connectivity index (χ2v) is 14.3. The van der Waals surface area contributed by atoms with Gasteiger partial charge in [-0.1, -0.05) is 13.8 Å². The van der Waals surface area contributed by atoms with Crippen molar-refractivity contribution in [3.63, 3.8) is 0 Å². The van der Waals surface area contributed by atoms with Gasteiger partial charge < -0.3 is 19.8 Å². The smallest absolute Gasteiger partial charge is 0.305 e. The number of esters is 1. The van der Waals surface area contributed by atoms with Gasteiger partial charge in [0.15, 0.2) is 12.4 Å². The number of aromatic amines is 2. The van der Waals surface area contributed by atoms with Crippen LogP contribution in [0, 0.1) is 6.92 Å². The van der Waals surface area contributed by atoms with Crippen LogP contribution < -0.4 is 9.99 Å². The molecule has 0 aromatic carbocycles. The van der Waals surface area contributed by atoms with E-state index >= 15 is 0 Å². The van der Waals surface area contributed by atoms with E-state index in [1.165, 1.54) is 7.11 Å². The first-order valence-electron chi connectivity index (χ1n) is 18.1. The van der Waals surface area contributed by atoms with E-state index in [2.05, 4.69) is 15.4 Å². The topological polar surface area (TPSA) is 174 Å². The van der Waals surface area contributed by atoms with Crippen molar-refractivity contribution >= 4 is 57.0 Å². The van der Waals surface area contributed by atoms with E-state index in [1.54, 1.807) is 42.9 Å². The Bertz CT molecular complexity index is 2420. The maximum atomic E-state index is 14.8. The number of allylic oxidation sites excluding steroid dienone is 3. The molecular weight excluding hydrogens is 686 g/mol. The first-order chi connectivity index (χ1) is 25.7. The zero-order valence-electron chi connectivity index (χ0n) is 31.7. The summed E-state index contributed by atoms with van der Waals surface area (Å²) < 4.78 is 6.76. The number of hydrogen-bond donors (Lipinski definition) is 4. The largest absolute Gasteiger partial charge is 0.469 e. The molecule has 7 heterocycles. The Labute approximate surface area is 312 Å². The van der Waals surface area contributed by atoms with Crippen LogP contribution in [0.15, 0.2) is 42.7 Å². The summed E-state index contributed by atoms with van der Waals surface area (Å²) in [5.41, 5.74) is 12.1. The first kappa shape index (κ1) is 36.4. The first-order valence-corrected chi connectivity index (χ1v) is 18.1. The molecule has 8 bridgehead atoms. The molecule has 4 aliphatic rings. The highest BCUT2D eigenvalue weighted by Crippen LogP contribution is 2.45. The van der Waals surface area contributed by atoms with E-state index in [4.69, 9.17) is 14.7 Å². The van der Waals surface area contributed by atoms with Crippen LogP contribution in [0.4, 0.5) is 0 Å². The molecule has 3 aromatic heterocycles. The lowest BCUT2D eigenvalue weighted by Crippen LogP contribution is -2.52. The zero-order valence-corrected chi connectivity index (χ0v) is 31.7.